The second kappa shape index (κ2) is 5.67. The Balaban J connectivity index is 2.86. The van der Waals surface area contributed by atoms with Crippen LogP contribution in [-0.4, -0.2) is 3.12 Å². The average molecular weight is 397 g/mol. The molecule has 0 amide bonds. The van der Waals surface area contributed by atoms with E-state index in [2.05, 4.69) is 32.9 Å². The van der Waals surface area contributed by atoms with Gasteiger partial charge in [0.05, 0.1) is 0 Å². The monoisotopic (exact) mass is 395 g/mol. The van der Waals surface area contributed by atoms with Gasteiger partial charge in [0.2, 0.25) is 0 Å². The Kier molecular flexibility index (Phi) is 5.38. The Labute approximate surface area is 119 Å². The zero-order valence-corrected chi connectivity index (χ0v) is 13.8. The molecule has 5 heteroatoms. The van der Waals surface area contributed by atoms with Crippen molar-refractivity contribution in [1.29, 1.82) is 0 Å². The van der Waals surface area contributed by atoms with Crippen molar-refractivity contribution in [1.82, 2.24) is 0 Å². The zero-order chi connectivity index (χ0) is 11.6. The number of benzene rings is 1. The van der Waals surface area contributed by atoms with Crippen LogP contribution >= 0.6 is 43.7 Å². The quantitative estimate of drug-likeness (QED) is 0.543. The van der Waals surface area contributed by atoms with Crippen LogP contribution in [0, 0.1) is 24.3 Å². The van der Waals surface area contributed by atoms with Gasteiger partial charge in [-0.15, -0.1) is 0 Å². The van der Waals surface area contributed by atoms with Crippen molar-refractivity contribution in [3.63, 3.8) is 0 Å². The van der Waals surface area contributed by atoms with Crippen molar-refractivity contribution in [3.05, 3.63) is 32.4 Å². The van der Waals surface area contributed by atoms with Crippen LogP contribution in [0.5, 0.6) is 0 Å². The molecule has 0 saturated carbocycles. The van der Waals surface area contributed by atoms with E-state index in [-0.39, 0.29) is 19.8 Å². The molecule has 0 nitrogen and oxygen atoms in total. The summed E-state index contributed by atoms with van der Waals surface area (Å²) in [6.07, 6.45) is 0. The van der Waals surface area contributed by atoms with E-state index in [0.717, 1.165) is 0 Å². The molecule has 0 aliphatic carbocycles. The zero-order valence-electron chi connectivity index (χ0n) is 8.57. The fraction of sp³-hybridized carbons (Fsp3) is 0.400. The third-order valence-corrected chi connectivity index (χ3v) is 10.9. The molecule has 0 aliphatic rings. The van der Waals surface area contributed by atoms with Crippen molar-refractivity contribution >= 4 is 43.7 Å². The Morgan fingerprint density at radius 2 is 1.53 bits per heavy atom. The molecule has 0 bridgehead atoms. The van der Waals surface area contributed by atoms with Gasteiger partial charge in [-0.25, -0.2) is 0 Å². The van der Waals surface area contributed by atoms with Gasteiger partial charge in [0.25, 0.3) is 0 Å². The summed E-state index contributed by atoms with van der Waals surface area (Å²) in [7, 11) is 1.43. The van der Waals surface area contributed by atoms with E-state index in [9.17, 15) is 0 Å². The van der Waals surface area contributed by atoms with E-state index in [0.29, 0.717) is 0 Å². The van der Waals surface area contributed by atoms with Crippen LogP contribution in [0.15, 0.2) is 12.1 Å². The third-order valence-electron chi connectivity index (χ3n) is 1.78. The van der Waals surface area contributed by atoms with Crippen molar-refractivity contribution in [3.8, 4) is 0 Å². The first-order valence-electron chi connectivity index (χ1n) is 4.27. The molecule has 86 valence electrons. The molecule has 0 saturated heterocycles. The summed E-state index contributed by atoms with van der Waals surface area (Å²) in [5.74, 6) is 0. The first kappa shape index (κ1) is 14.2. The molecule has 0 spiro atoms. The summed E-state index contributed by atoms with van der Waals surface area (Å²) >= 11 is 16.9. The van der Waals surface area contributed by atoms with Crippen molar-refractivity contribution < 1.29 is 19.8 Å². The minimum atomic E-state index is -1.18. The molecule has 15 heavy (non-hydrogen) atoms. The number of alkyl halides is 3. The van der Waals surface area contributed by atoms with Gasteiger partial charge >= 0.3 is 120 Å². The fourth-order valence-corrected chi connectivity index (χ4v) is 7.34. The minimum absolute atomic E-state index is 0.298. The van der Waals surface area contributed by atoms with Gasteiger partial charge in [0.1, 0.15) is 0 Å². The molecule has 1 aromatic carbocycles. The van der Waals surface area contributed by atoms with Crippen LogP contribution in [0.3, 0.4) is 0 Å². The number of hydrogen-bond donors (Lipinski definition) is 0. The fourth-order valence-electron chi connectivity index (χ4n) is 1.37. The first-order chi connectivity index (χ1) is 6.79. The van der Waals surface area contributed by atoms with E-state index in [4.69, 9.17) is 34.8 Å². The van der Waals surface area contributed by atoms with Crippen LogP contribution in [0.1, 0.15) is 16.7 Å². The molecular weight excluding hydrogens is 385 g/mol. The van der Waals surface area contributed by atoms with Gasteiger partial charge in [-0.2, -0.15) is 0 Å². The number of hydrogen-bond acceptors (Lipinski definition) is 1. The SMILES string of the molecule is Cc1cc(C)c([I-]SC(Cl)(Cl)Cl)c(C)c1. The van der Waals surface area contributed by atoms with Gasteiger partial charge in [-0.05, 0) is 0 Å². The molecule has 0 unspecified atom stereocenters. The van der Waals surface area contributed by atoms with Crippen LogP contribution in [0.4, 0.5) is 0 Å². The van der Waals surface area contributed by atoms with Gasteiger partial charge < -0.3 is 0 Å². The number of halogens is 4. The third kappa shape index (κ3) is 4.90. The molecule has 0 aliphatic heterocycles. The summed E-state index contributed by atoms with van der Waals surface area (Å²) < 4.78 is 0.188. The summed E-state index contributed by atoms with van der Waals surface area (Å²) in [6, 6.07) is 4.36. The van der Waals surface area contributed by atoms with Crippen LogP contribution in [-0.2, 0) is 0 Å². The molecule has 0 fully saturated rings. The van der Waals surface area contributed by atoms with Gasteiger partial charge in [0.15, 0.2) is 0 Å². The Morgan fingerprint density at radius 3 is 1.93 bits per heavy atom. The van der Waals surface area contributed by atoms with E-state index < -0.39 is 3.12 Å². The molecule has 0 N–H and O–H groups in total. The number of rotatable bonds is 2. The summed E-state index contributed by atoms with van der Waals surface area (Å²) in [5, 5.41) is 0. The molecule has 0 radical (unpaired) electrons. The topological polar surface area (TPSA) is 0 Å². The second-order valence-electron chi connectivity index (χ2n) is 3.31. The van der Waals surface area contributed by atoms with Crippen LogP contribution in [0.2, 0.25) is 0 Å². The van der Waals surface area contributed by atoms with Gasteiger partial charge in [0, 0.05) is 0 Å². The van der Waals surface area contributed by atoms with Crippen molar-refractivity contribution in [2.24, 2.45) is 0 Å². The molecular formula is C10H11Cl3IS-. The van der Waals surface area contributed by atoms with Crippen LogP contribution in [0.25, 0.3) is 0 Å². The average Bonchev–Trinajstić information content (AvgIpc) is 1.99. The number of aryl methyl sites for hydroxylation is 3. The van der Waals surface area contributed by atoms with Gasteiger partial charge in [-0.1, -0.05) is 0 Å². The van der Waals surface area contributed by atoms with E-state index in [1.54, 1.807) is 0 Å². The molecule has 1 aromatic rings. The van der Waals surface area contributed by atoms with Crippen molar-refractivity contribution in [2.45, 2.75) is 23.9 Å². The van der Waals surface area contributed by atoms with E-state index in [1.165, 1.54) is 29.2 Å². The van der Waals surface area contributed by atoms with E-state index in [1.807, 2.05) is 0 Å². The van der Waals surface area contributed by atoms with Crippen molar-refractivity contribution in [2.75, 3.05) is 0 Å². The first-order valence-corrected chi connectivity index (χ1v) is 9.84. The Hall–Kier alpha value is 1.17. The molecule has 1 rings (SSSR count). The summed E-state index contributed by atoms with van der Waals surface area (Å²) in [5.41, 5.74) is 3.90. The van der Waals surface area contributed by atoms with Crippen LogP contribution < -0.4 is 19.8 Å². The molecule has 0 aromatic heterocycles. The Morgan fingerprint density at radius 1 is 1.07 bits per heavy atom. The second-order valence-corrected chi connectivity index (χ2v) is 10.9. The maximum absolute atomic E-state index is 5.74. The predicted molar refractivity (Wildman–Crippen MR) is 67.2 cm³/mol. The maximum atomic E-state index is 5.74. The summed E-state index contributed by atoms with van der Waals surface area (Å²) in [6.45, 7) is 6.34. The predicted octanol–water partition coefficient (Wildman–Crippen LogP) is 1.85. The normalized spacial score (nSPS) is 12.1. The Bertz CT molecular complexity index is 337. The summed E-state index contributed by atoms with van der Waals surface area (Å²) in [4.78, 5) is 0. The molecule has 0 atom stereocenters. The molecule has 0 heterocycles. The van der Waals surface area contributed by atoms with Gasteiger partial charge in [-0.3, -0.25) is 0 Å². The van der Waals surface area contributed by atoms with E-state index >= 15 is 0 Å². The standard InChI is InChI=1S/C10H11Cl3IS/c1-6-4-7(2)9(8(3)5-6)14-15-10(11,12)13/h4-5H,1-3H3/q-1.